The van der Waals surface area contributed by atoms with Crippen molar-refractivity contribution in [3.63, 3.8) is 0 Å². The molecule has 1 heterocycles. The van der Waals surface area contributed by atoms with Crippen LogP contribution in [0.2, 0.25) is 5.02 Å². The predicted molar refractivity (Wildman–Crippen MR) is 80.6 cm³/mol. The van der Waals surface area contributed by atoms with Crippen molar-refractivity contribution in [2.75, 3.05) is 26.2 Å². The molecule has 1 saturated heterocycles. The van der Waals surface area contributed by atoms with Crippen LogP contribution in [0.1, 0.15) is 18.0 Å². The minimum absolute atomic E-state index is 0. The first-order valence-electron chi connectivity index (χ1n) is 6.34. The number of nitrogens with one attached hydrogen (secondary N) is 1. The first-order valence-corrected chi connectivity index (χ1v) is 6.72. The second kappa shape index (κ2) is 7.93. The van der Waals surface area contributed by atoms with Crippen LogP contribution in [0.3, 0.4) is 0 Å². The molecule has 0 spiro atoms. The van der Waals surface area contributed by atoms with Gasteiger partial charge in [0.05, 0.1) is 5.02 Å². The highest BCUT2D eigenvalue weighted by Crippen LogP contribution is 2.34. The average molecular weight is 323 g/mol. The van der Waals surface area contributed by atoms with E-state index in [0.717, 1.165) is 38.3 Å². The highest BCUT2D eigenvalue weighted by atomic mass is 35.5. The molecule has 2 rings (SSSR count). The number of hydrogen-bond acceptors (Lipinski definition) is 2. The molecular formula is C14H18Cl2F2N2. The lowest BCUT2D eigenvalue weighted by Crippen LogP contribution is -2.45. The Labute approximate surface area is 129 Å². The first-order chi connectivity index (χ1) is 9.15. The zero-order chi connectivity index (χ0) is 13.8. The van der Waals surface area contributed by atoms with E-state index in [1.807, 2.05) is 0 Å². The summed E-state index contributed by atoms with van der Waals surface area (Å²) in [6, 6.07) is 1.93. The van der Waals surface area contributed by atoms with Gasteiger partial charge in [-0.25, -0.2) is 8.78 Å². The molecule has 0 amide bonds. The molecule has 0 bridgehead atoms. The van der Waals surface area contributed by atoms with Crippen LogP contribution in [0.25, 0.3) is 0 Å². The maximum absolute atomic E-state index is 14.0. The molecule has 1 fully saturated rings. The zero-order valence-corrected chi connectivity index (χ0v) is 12.6. The number of hydrogen-bond donors (Lipinski definition) is 1. The minimum Gasteiger partial charge on any atom is -0.314 e. The molecule has 1 aliphatic rings. The van der Waals surface area contributed by atoms with E-state index in [4.69, 9.17) is 11.6 Å². The van der Waals surface area contributed by atoms with Crippen LogP contribution < -0.4 is 5.32 Å². The van der Waals surface area contributed by atoms with Crippen molar-refractivity contribution in [1.82, 2.24) is 10.2 Å². The molecule has 6 heteroatoms. The number of piperazine rings is 1. The highest BCUT2D eigenvalue weighted by molar-refractivity contribution is 6.31. The molecule has 0 radical (unpaired) electrons. The summed E-state index contributed by atoms with van der Waals surface area (Å²) in [6.07, 6.45) is 2.26. The Morgan fingerprint density at radius 3 is 2.50 bits per heavy atom. The van der Waals surface area contributed by atoms with Gasteiger partial charge in [-0.3, -0.25) is 4.90 Å². The SMILES string of the molecule is C=CC[C@H](c1c(F)ccc(F)c1Cl)N1CCNCC1.Cl. The van der Waals surface area contributed by atoms with Gasteiger partial charge in [0.1, 0.15) is 11.6 Å². The summed E-state index contributed by atoms with van der Waals surface area (Å²) < 4.78 is 27.6. The molecular weight excluding hydrogens is 305 g/mol. The molecule has 0 unspecified atom stereocenters. The molecule has 1 aromatic carbocycles. The predicted octanol–water partition coefficient (Wildman–Crippen LogP) is 3.56. The summed E-state index contributed by atoms with van der Waals surface area (Å²) in [5.41, 5.74) is 0.239. The Bertz CT molecular complexity index is 463. The van der Waals surface area contributed by atoms with E-state index < -0.39 is 11.6 Å². The molecule has 112 valence electrons. The van der Waals surface area contributed by atoms with Crippen LogP contribution in [-0.4, -0.2) is 31.1 Å². The lowest BCUT2D eigenvalue weighted by Gasteiger charge is -2.35. The van der Waals surface area contributed by atoms with Crippen molar-refractivity contribution in [1.29, 1.82) is 0 Å². The van der Waals surface area contributed by atoms with Gasteiger partial charge in [0.25, 0.3) is 0 Å². The van der Waals surface area contributed by atoms with Crippen molar-refractivity contribution < 1.29 is 8.78 Å². The van der Waals surface area contributed by atoms with Gasteiger partial charge in [-0.2, -0.15) is 0 Å². The number of benzene rings is 1. The van der Waals surface area contributed by atoms with Gasteiger partial charge in [-0.1, -0.05) is 17.7 Å². The molecule has 1 N–H and O–H groups in total. The van der Waals surface area contributed by atoms with Gasteiger partial charge < -0.3 is 5.32 Å². The van der Waals surface area contributed by atoms with Crippen molar-refractivity contribution in [3.8, 4) is 0 Å². The van der Waals surface area contributed by atoms with Gasteiger partial charge in [-0.05, 0) is 18.6 Å². The van der Waals surface area contributed by atoms with Crippen molar-refractivity contribution in [2.24, 2.45) is 0 Å². The molecule has 0 saturated carbocycles. The third-order valence-corrected chi connectivity index (χ3v) is 3.78. The van der Waals surface area contributed by atoms with Crippen LogP contribution in [-0.2, 0) is 0 Å². The monoisotopic (exact) mass is 322 g/mol. The van der Waals surface area contributed by atoms with Gasteiger partial charge in [0, 0.05) is 37.8 Å². The molecule has 0 aliphatic carbocycles. The normalized spacial score (nSPS) is 17.4. The summed E-state index contributed by atoms with van der Waals surface area (Å²) >= 11 is 5.96. The van der Waals surface area contributed by atoms with Gasteiger partial charge in [0.2, 0.25) is 0 Å². The maximum atomic E-state index is 14.0. The molecule has 20 heavy (non-hydrogen) atoms. The molecule has 1 aromatic rings. The number of rotatable bonds is 4. The zero-order valence-electron chi connectivity index (χ0n) is 11.0. The van der Waals surface area contributed by atoms with Gasteiger partial charge in [0.15, 0.2) is 0 Å². The average Bonchev–Trinajstić information content (AvgIpc) is 2.43. The third kappa shape index (κ3) is 3.70. The van der Waals surface area contributed by atoms with E-state index >= 15 is 0 Å². The molecule has 2 nitrogen and oxygen atoms in total. The third-order valence-electron chi connectivity index (χ3n) is 3.39. The van der Waals surface area contributed by atoms with Crippen LogP contribution in [0.15, 0.2) is 24.8 Å². The summed E-state index contributed by atoms with van der Waals surface area (Å²) in [6.45, 7) is 6.94. The highest BCUT2D eigenvalue weighted by Gasteiger charge is 2.27. The lowest BCUT2D eigenvalue weighted by atomic mass is 10.00. The van der Waals surface area contributed by atoms with Gasteiger partial charge >= 0.3 is 0 Å². The fraction of sp³-hybridized carbons (Fsp3) is 0.429. The first kappa shape index (κ1) is 17.4. The topological polar surface area (TPSA) is 15.3 Å². The fourth-order valence-corrected chi connectivity index (χ4v) is 2.73. The van der Waals surface area contributed by atoms with Crippen LogP contribution in [0, 0.1) is 11.6 Å². The largest absolute Gasteiger partial charge is 0.314 e. The van der Waals surface area contributed by atoms with Crippen molar-refractivity contribution >= 4 is 24.0 Å². The van der Waals surface area contributed by atoms with Gasteiger partial charge in [-0.15, -0.1) is 19.0 Å². The van der Waals surface area contributed by atoms with E-state index in [0.29, 0.717) is 6.42 Å². The summed E-state index contributed by atoms with van der Waals surface area (Å²) in [4.78, 5) is 2.11. The van der Waals surface area contributed by atoms with E-state index in [1.54, 1.807) is 6.08 Å². The number of halogens is 4. The fourth-order valence-electron chi connectivity index (χ4n) is 2.45. The van der Waals surface area contributed by atoms with E-state index in [9.17, 15) is 8.78 Å². The Hall–Kier alpha value is -0.680. The second-order valence-corrected chi connectivity index (χ2v) is 4.96. The standard InChI is InChI=1S/C14H17ClF2N2.ClH/c1-2-3-12(19-8-6-18-7-9-19)13-10(16)4-5-11(17)14(13)15;/h2,4-5,12,18H,1,3,6-9H2;1H/t12-;/m1./s1. The quantitative estimate of drug-likeness (QED) is 0.673. The smallest absolute Gasteiger partial charge is 0.142 e. The molecule has 1 aliphatic heterocycles. The summed E-state index contributed by atoms with van der Waals surface area (Å²) in [5, 5.41) is 3.12. The van der Waals surface area contributed by atoms with E-state index in [1.165, 1.54) is 0 Å². The van der Waals surface area contributed by atoms with Crippen LogP contribution >= 0.6 is 24.0 Å². The molecule has 0 aromatic heterocycles. The lowest BCUT2D eigenvalue weighted by molar-refractivity contribution is 0.171. The number of nitrogens with zero attached hydrogens (tertiary/aromatic N) is 1. The summed E-state index contributed by atoms with van der Waals surface area (Å²) in [7, 11) is 0. The Morgan fingerprint density at radius 1 is 1.30 bits per heavy atom. The van der Waals surface area contributed by atoms with Crippen LogP contribution in [0.5, 0.6) is 0 Å². The van der Waals surface area contributed by atoms with Crippen molar-refractivity contribution in [2.45, 2.75) is 12.5 Å². The van der Waals surface area contributed by atoms with E-state index in [2.05, 4.69) is 16.8 Å². The van der Waals surface area contributed by atoms with Crippen molar-refractivity contribution in [3.05, 3.63) is 47.0 Å². The Balaban J connectivity index is 0.00000200. The Kier molecular flexibility index (Phi) is 6.89. The van der Waals surface area contributed by atoms with Crippen LogP contribution in [0.4, 0.5) is 8.78 Å². The second-order valence-electron chi connectivity index (χ2n) is 4.58. The maximum Gasteiger partial charge on any atom is 0.142 e. The van der Waals surface area contributed by atoms with E-state index in [-0.39, 0.29) is 29.0 Å². The molecule has 1 atom stereocenters. The Morgan fingerprint density at radius 2 is 1.90 bits per heavy atom. The summed E-state index contributed by atoms with van der Waals surface area (Å²) in [5.74, 6) is -1.04. The minimum atomic E-state index is -0.581.